The molecule has 1 aromatic heterocycles. The van der Waals surface area contributed by atoms with Crippen LogP contribution in [0.25, 0.3) is 22.0 Å². The van der Waals surface area contributed by atoms with Crippen LogP contribution in [-0.4, -0.2) is 28.3 Å². The van der Waals surface area contributed by atoms with Gasteiger partial charge in [0, 0.05) is 23.3 Å². The Balaban J connectivity index is 1.89. The van der Waals surface area contributed by atoms with Gasteiger partial charge in [0.2, 0.25) is 0 Å². The summed E-state index contributed by atoms with van der Waals surface area (Å²) in [4.78, 5) is 31.7. The van der Waals surface area contributed by atoms with Gasteiger partial charge in [-0.2, -0.15) is 0 Å². The van der Waals surface area contributed by atoms with Crippen LogP contribution in [0.2, 0.25) is 0 Å². The van der Waals surface area contributed by atoms with Crippen LogP contribution in [0.3, 0.4) is 0 Å². The second-order valence-corrected chi connectivity index (χ2v) is 7.42. The van der Waals surface area contributed by atoms with Crippen molar-refractivity contribution >= 4 is 28.5 Å². The molecule has 0 saturated carbocycles. The molecule has 0 unspecified atom stereocenters. The van der Waals surface area contributed by atoms with Gasteiger partial charge in [-0.1, -0.05) is 61.2 Å². The molecule has 0 aliphatic heterocycles. The minimum absolute atomic E-state index is 0.103. The summed E-state index contributed by atoms with van der Waals surface area (Å²) in [5.41, 5.74) is 2.28. The Morgan fingerprint density at radius 3 is 2.71 bits per heavy atom. The highest BCUT2D eigenvalue weighted by atomic mass is 32.2. The number of fused-ring (bicyclic) bond motifs is 1. The molecule has 6 heteroatoms. The summed E-state index contributed by atoms with van der Waals surface area (Å²) < 4.78 is 4.94. The van der Waals surface area contributed by atoms with Crippen LogP contribution in [0.1, 0.15) is 32.3 Å². The van der Waals surface area contributed by atoms with E-state index >= 15 is 0 Å². The van der Waals surface area contributed by atoms with Crippen molar-refractivity contribution in [1.29, 1.82) is 0 Å². The van der Waals surface area contributed by atoms with Crippen molar-refractivity contribution in [2.45, 2.75) is 38.3 Å². The molecular weight excluding hydrogens is 372 g/mol. The second kappa shape index (κ2) is 9.55. The average molecular weight is 397 g/mol. The fourth-order valence-corrected chi connectivity index (χ4v) is 3.95. The van der Waals surface area contributed by atoms with Gasteiger partial charge in [0.25, 0.3) is 5.56 Å². The quantitative estimate of drug-likeness (QED) is 0.261. The van der Waals surface area contributed by atoms with Gasteiger partial charge < -0.3 is 9.72 Å². The van der Waals surface area contributed by atoms with Crippen molar-refractivity contribution in [3.05, 3.63) is 58.4 Å². The first kappa shape index (κ1) is 20.1. The number of aromatic amines is 1. The molecule has 28 heavy (non-hydrogen) atoms. The van der Waals surface area contributed by atoms with Crippen LogP contribution in [0.15, 0.2) is 52.4 Å². The van der Waals surface area contributed by atoms with Crippen LogP contribution >= 0.6 is 11.8 Å². The highest BCUT2D eigenvalue weighted by molar-refractivity contribution is 7.99. The van der Waals surface area contributed by atoms with E-state index in [1.54, 1.807) is 6.92 Å². The lowest BCUT2D eigenvalue weighted by Gasteiger charge is -2.11. The largest absolute Gasteiger partial charge is 0.466 e. The van der Waals surface area contributed by atoms with E-state index in [4.69, 9.17) is 9.72 Å². The third-order valence-corrected chi connectivity index (χ3v) is 5.42. The summed E-state index contributed by atoms with van der Waals surface area (Å²) in [6.07, 6.45) is 1.65. The third kappa shape index (κ3) is 4.62. The molecule has 0 spiro atoms. The van der Waals surface area contributed by atoms with Crippen LogP contribution in [0.4, 0.5) is 0 Å². The maximum atomic E-state index is 12.6. The Kier molecular flexibility index (Phi) is 6.87. The number of carbonyl (C=O) groups is 1. The number of hydrogen-bond donors (Lipinski definition) is 1. The lowest BCUT2D eigenvalue weighted by Crippen LogP contribution is -2.16. The molecule has 0 atom stereocenters. The van der Waals surface area contributed by atoms with E-state index in [0.717, 1.165) is 22.0 Å². The maximum absolute atomic E-state index is 12.6. The monoisotopic (exact) mass is 396 g/mol. The van der Waals surface area contributed by atoms with E-state index in [2.05, 4.69) is 23.2 Å². The molecule has 3 aromatic rings. The molecule has 5 nitrogen and oxygen atoms in total. The second-order valence-electron chi connectivity index (χ2n) is 6.34. The first-order valence-electron chi connectivity index (χ1n) is 9.53. The van der Waals surface area contributed by atoms with Crippen molar-refractivity contribution in [1.82, 2.24) is 9.97 Å². The van der Waals surface area contributed by atoms with Crippen molar-refractivity contribution in [2.75, 3.05) is 12.4 Å². The van der Waals surface area contributed by atoms with E-state index < -0.39 is 0 Å². The lowest BCUT2D eigenvalue weighted by atomic mass is 9.99. The normalized spacial score (nSPS) is 10.9. The summed E-state index contributed by atoms with van der Waals surface area (Å²) in [5, 5.41) is 2.78. The number of ether oxygens (including phenoxy) is 1. The summed E-state index contributed by atoms with van der Waals surface area (Å²) >= 11 is 1.45. The van der Waals surface area contributed by atoms with Gasteiger partial charge in [-0.3, -0.25) is 9.59 Å². The van der Waals surface area contributed by atoms with Gasteiger partial charge in [-0.05, 0) is 30.5 Å². The number of H-pyrrole nitrogens is 1. The topological polar surface area (TPSA) is 72.0 Å². The van der Waals surface area contributed by atoms with Crippen molar-refractivity contribution in [3.8, 4) is 11.3 Å². The standard InChI is InChI=1S/C22H24N2O3S/c1-3-16-20(18-12-7-10-15-9-5-6-11-17(15)18)23-22(24-21(16)26)28-14-8-13-19(25)27-4-2/h5-7,9-12H,3-4,8,13-14H2,1-2H3,(H,23,24,26). The molecule has 146 valence electrons. The third-order valence-electron chi connectivity index (χ3n) is 4.46. The molecule has 0 bridgehead atoms. The van der Waals surface area contributed by atoms with Crippen LogP contribution in [0, 0.1) is 0 Å². The minimum atomic E-state index is -0.192. The molecule has 0 aliphatic carbocycles. The van der Waals surface area contributed by atoms with Gasteiger partial charge in [0.05, 0.1) is 12.3 Å². The summed E-state index contributed by atoms with van der Waals surface area (Å²) in [6.45, 7) is 4.16. The number of rotatable bonds is 8. The first-order chi connectivity index (χ1) is 13.6. The number of nitrogens with zero attached hydrogens (tertiary/aromatic N) is 1. The number of benzene rings is 2. The molecular formula is C22H24N2O3S. The average Bonchev–Trinajstić information content (AvgIpc) is 2.70. The number of hydrogen-bond acceptors (Lipinski definition) is 5. The number of nitrogens with one attached hydrogen (secondary N) is 1. The molecule has 1 heterocycles. The zero-order valence-corrected chi connectivity index (χ0v) is 17.0. The first-order valence-corrected chi connectivity index (χ1v) is 10.5. The lowest BCUT2D eigenvalue weighted by molar-refractivity contribution is -0.143. The Labute approximate surface area is 168 Å². The molecule has 0 aliphatic rings. The van der Waals surface area contributed by atoms with E-state index in [1.165, 1.54) is 11.8 Å². The molecule has 0 radical (unpaired) electrons. The van der Waals surface area contributed by atoms with E-state index in [1.807, 2.05) is 31.2 Å². The van der Waals surface area contributed by atoms with E-state index in [0.29, 0.717) is 42.3 Å². The van der Waals surface area contributed by atoms with Crippen LogP contribution in [0.5, 0.6) is 0 Å². The fraction of sp³-hybridized carbons (Fsp3) is 0.318. The molecule has 0 fully saturated rings. The highest BCUT2D eigenvalue weighted by Gasteiger charge is 2.14. The van der Waals surface area contributed by atoms with Gasteiger partial charge in [0.15, 0.2) is 5.16 Å². The summed E-state index contributed by atoms with van der Waals surface area (Å²) in [5.74, 6) is 0.490. The predicted octanol–water partition coefficient (Wildman–Crippen LogP) is 4.59. The van der Waals surface area contributed by atoms with Crippen molar-refractivity contribution in [3.63, 3.8) is 0 Å². The Morgan fingerprint density at radius 2 is 1.93 bits per heavy atom. The van der Waals surface area contributed by atoms with Crippen LogP contribution < -0.4 is 5.56 Å². The SMILES string of the molecule is CCOC(=O)CCCSc1nc(-c2cccc3ccccc23)c(CC)c(=O)[nH]1. The fourth-order valence-electron chi connectivity index (χ4n) is 3.15. The predicted molar refractivity (Wildman–Crippen MR) is 114 cm³/mol. The summed E-state index contributed by atoms with van der Waals surface area (Å²) in [6, 6.07) is 14.2. The number of thioether (sulfide) groups is 1. The summed E-state index contributed by atoms with van der Waals surface area (Å²) in [7, 11) is 0. The van der Waals surface area contributed by atoms with E-state index in [9.17, 15) is 9.59 Å². The molecule has 1 N–H and O–H groups in total. The maximum Gasteiger partial charge on any atom is 0.305 e. The molecule has 2 aromatic carbocycles. The number of aromatic nitrogens is 2. The highest BCUT2D eigenvalue weighted by Crippen LogP contribution is 2.30. The van der Waals surface area contributed by atoms with Crippen molar-refractivity contribution in [2.24, 2.45) is 0 Å². The van der Waals surface area contributed by atoms with Gasteiger partial charge in [-0.15, -0.1) is 0 Å². The zero-order chi connectivity index (χ0) is 19.9. The smallest absolute Gasteiger partial charge is 0.305 e. The van der Waals surface area contributed by atoms with E-state index in [-0.39, 0.29) is 11.5 Å². The van der Waals surface area contributed by atoms with Gasteiger partial charge >= 0.3 is 5.97 Å². The Hall–Kier alpha value is -2.60. The molecule has 3 rings (SSSR count). The number of carbonyl (C=O) groups excluding carboxylic acids is 1. The minimum Gasteiger partial charge on any atom is -0.466 e. The van der Waals surface area contributed by atoms with Crippen LogP contribution in [-0.2, 0) is 16.0 Å². The van der Waals surface area contributed by atoms with Gasteiger partial charge in [-0.25, -0.2) is 4.98 Å². The molecule has 0 amide bonds. The Bertz CT molecular complexity index is 1020. The van der Waals surface area contributed by atoms with Gasteiger partial charge in [0.1, 0.15) is 0 Å². The van der Waals surface area contributed by atoms with Crippen molar-refractivity contribution < 1.29 is 9.53 Å². The molecule has 0 saturated heterocycles. The number of esters is 1. The zero-order valence-electron chi connectivity index (χ0n) is 16.2. The Morgan fingerprint density at radius 1 is 1.14 bits per heavy atom.